The number of ether oxygens (including phenoxy) is 3. The van der Waals surface area contributed by atoms with Gasteiger partial charge in [0.15, 0.2) is 23.1 Å². The largest absolute Gasteiger partial charge is 0.493 e. The van der Waals surface area contributed by atoms with Crippen molar-refractivity contribution in [3.05, 3.63) is 136 Å². The highest BCUT2D eigenvalue weighted by Crippen LogP contribution is 2.42. The van der Waals surface area contributed by atoms with E-state index in [1.165, 1.54) is 5.56 Å². The van der Waals surface area contributed by atoms with E-state index in [4.69, 9.17) is 14.2 Å². The molecule has 4 amide bonds. The summed E-state index contributed by atoms with van der Waals surface area (Å²) >= 11 is 0. The van der Waals surface area contributed by atoms with Gasteiger partial charge >= 0.3 is 0 Å². The van der Waals surface area contributed by atoms with Gasteiger partial charge in [-0.1, -0.05) is 49.4 Å². The minimum Gasteiger partial charge on any atom is -0.493 e. The number of benzene rings is 5. The molecule has 0 bridgehead atoms. The number of rotatable bonds is 20. The van der Waals surface area contributed by atoms with Crippen LogP contribution in [0.25, 0.3) is 0 Å². The Morgan fingerprint density at radius 1 is 0.800 bits per heavy atom. The third-order valence-corrected chi connectivity index (χ3v) is 14.6. The van der Waals surface area contributed by atoms with Crippen molar-refractivity contribution in [2.24, 2.45) is 10.9 Å². The number of methoxy groups -OCH3 is 1. The molecular formula is C60H64N6O9. The van der Waals surface area contributed by atoms with Crippen molar-refractivity contribution in [1.82, 2.24) is 5.32 Å². The van der Waals surface area contributed by atoms with Crippen molar-refractivity contribution < 1.29 is 47.6 Å². The Bertz CT molecular complexity index is 3140. The molecule has 0 aliphatic carbocycles. The Labute approximate surface area is 438 Å². The first-order valence-corrected chi connectivity index (χ1v) is 25.9. The summed E-state index contributed by atoms with van der Waals surface area (Å²) in [6.45, 7) is 7.21. The van der Waals surface area contributed by atoms with E-state index in [0.29, 0.717) is 83.0 Å². The number of aliphatic imine (C=N–C) groups is 1. The summed E-state index contributed by atoms with van der Waals surface area (Å²) in [4.78, 5) is 87.8. The summed E-state index contributed by atoms with van der Waals surface area (Å²) < 4.78 is 20.8. The molecule has 0 fully saturated rings. The fraction of sp³-hybridized carbons (Fsp3) is 0.367. The van der Waals surface area contributed by atoms with Crippen molar-refractivity contribution in [2.75, 3.05) is 35.8 Å². The number of Topliss-reactive ketones (excluding diaryl/α,β-unsaturated/α-hetero) is 2. The number of ketones is 2. The van der Waals surface area contributed by atoms with Gasteiger partial charge in [0.05, 0.1) is 25.4 Å². The van der Waals surface area contributed by atoms with Crippen LogP contribution in [0.1, 0.15) is 113 Å². The minimum absolute atomic E-state index is 0.0105. The van der Waals surface area contributed by atoms with Crippen molar-refractivity contribution in [3.63, 3.8) is 0 Å². The fourth-order valence-electron chi connectivity index (χ4n) is 10.6. The number of carbonyl (C=O) groups is 6. The van der Waals surface area contributed by atoms with Gasteiger partial charge in [0.25, 0.3) is 5.91 Å². The van der Waals surface area contributed by atoms with Gasteiger partial charge in [-0.05, 0) is 147 Å². The van der Waals surface area contributed by atoms with Crippen LogP contribution in [0, 0.1) is 12.8 Å². The number of para-hydroxylation sites is 2. The Balaban J connectivity index is 0.915. The highest BCUT2D eigenvalue weighted by atomic mass is 16.5. The average Bonchev–Trinajstić information content (AvgIpc) is 3.90. The van der Waals surface area contributed by atoms with E-state index in [1.54, 1.807) is 46.2 Å². The van der Waals surface area contributed by atoms with Gasteiger partial charge in [-0.25, -0.2) is 0 Å². The lowest BCUT2D eigenvalue weighted by Crippen LogP contribution is -2.39. The van der Waals surface area contributed by atoms with Crippen molar-refractivity contribution in [2.45, 2.75) is 117 Å². The molecule has 15 nitrogen and oxygen atoms in total. The minimum atomic E-state index is -0.812. The normalized spacial score (nSPS) is 17.0. The summed E-state index contributed by atoms with van der Waals surface area (Å²) in [6, 6.07) is 27.9. The standard InChI is InChI=1S/C60H64N6O9/c1-7-61-32-47(67)16-10-13-19-57(69)62-38(4)53(68)23-37(3)58(70)63-44-25-39(34-74-54-31-52-49(22-36(54)2)60(72)66-46(33-64(52)5)28-43-15-9-12-18-51(43)66)24-40(26-44)35-75-56-29-41-20-21-45-27-42-14-8-11-17-50(42)65(45)59(71)48(41)30-55(56)73-6/h7-9,11-12,14-15,17-18,22,24-26,29-31,37-38,45-46H,10,13,16,19-21,23,27-28,32,34-35H2,1-6H3,(H,62,69)(H,63,70)/t37-,38+,45-,46+/m1/s1. The molecule has 15 heteroatoms. The van der Waals surface area contributed by atoms with E-state index < -0.39 is 17.9 Å². The molecule has 0 saturated carbocycles. The van der Waals surface area contributed by atoms with E-state index in [2.05, 4.69) is 27.9 Å². The number of nitrogens with one attached hydrogen (secondary N) is 2. The van der Waals surface area contributed by atoms with Crippen molar-refractivity contribution in [3.8, 4) is 17.2 Å². The Morgan fingerprint density at radius 3 is 2.19 bits per heavy atom. The smallest absolute Gasteiger partial charge is 0.258 e. The molecule has 0 unspecified atom stereocenters. The Morgan fingerprint density at radius 2 is 1.47 bits per heavy atom. The molecule has 2 N–H and O–H groups in total. The average molecular weight is 1010 g/mol. The van der Waals surface area contributed by atoms with Gasteiger partial charge in [-0.15, -0.1) is 0 Å². The molecule has 4 heterocycles. The van der Waals surface area contributed by atoms with E-state index in [1.807, 2.05) is 101 Å². The monoisotopic (exact) mass is 1010 g/mol. The SMILES string of the molecule is CC=NCC(=O)CCCCC(=O)N[C@@H](C)C(=O)C[C@@H](C)C(=O)Nc1cc(COc2cc3c(cc2C)C(=O)N2c4ccccc4C[C@H]2[C-]=[N+]3C)cc(COc2cc3c(cc2OC)C(=O)N2c4ccccc4C[C@H]2CC3)c1. The highest BCUT2D eigenvalue weighted by molar-refractivity contribution is 6.13. The number of fused-ring (bicyclic) bond motifs is 8. The second-order valence-electron chi connectivity index (χ2n) is 20.0. The lowest BCUT2D eigenvalue weighted by molar-refractivity contribution is -0.401. The highest BCUT2D eigenvalue weighted by Gasteiger charge is 2.38. The first-order valence-electron chi connectivity index (χ1n) is 25.9. The molecule has 0 spiro atoms. The van der Waals surface area contributed by atoms with E-state index >= 15 is 0 Å². The number of amides is 4. The fourth-order valence-corrected chi connectivity index (χ4v) is 10.6. The molecule has 5 aromatic carbocycles. The molecule has 5 aromatic rings. The molecular weight excluding hydrogens is 949 g/mol. The van der Waals surface area contributed by atoms with Crippen LogP contribution in [0.4, 0.5) is 22.7 Å². The van der Waals surface area contributed by atoms with Crippen LogP contribution in [0.2, 0.25) is 0 Å². The van der Waals surface area contributed by atoms with Crippen LogP contribution < -0.4 is 34.6 Å². The summed E-state index contributed by atoms with van der Waals surface area (Å²) in [6.07, 6.45) is 9.48. The van der Waals surface area contributed by atoms with Gasteiger partial charge in [0.1, 0.15) is 26.0 Å². The van der Waals surface area contributed by atoms with Gasteiger partial charge in [-0.2, -0.15) is 0 Å². The maximum Gasteiger partial charge on any atom is 0.258 e. The lowest BCUT2D eigenvalue weighted by atomic mass is 9.99. The molecule has 0 radical (unpaired) electrons. The molecule has 4 atom stereocenters. The van der Waals surface area contributed by atoms with Gasteiger partial charge in [0.2, 0.25) is 17.7 Å². The number of carbonyl (C=O) groups excluding carboxylic acids is 6. The maximum atomic E-state index is 14.2. The number of hydrogen-bond donors (Lipinski definition) is 2. The van der Waals surface area contributed by atoms with Crippen molar-refractivity contribution in [1.29, 1.82) is 0 Å². The van der Waals surface area contributed by atoms with Gasteiger partial charge in [-0.3, -0.25) is 33.8 Å². The number of aryl methyl sites for hydroxylation is 2. The van der Waals surface area contributed by atoms with Crippen LogP contribution in [0.5, 0.6) is 17.2 Å². The van der Waals surface area contributed by atoms with Crippen LogP contribution in [-0.2, 0) is 51.7 Å². The summed E-state index contributed by atoms with van der Waals surface area (Å²) in [7, 11) is 3.44. The third kappa shape index (κ3) is 11.4. The number of anilines is 3. The second kappa shape index (κ2) is 22.7. The zero-order valence-electron chi connectivity index (χ0n) is 43.5. The third-order valence-electron chi connectivity index (χ3n) is 14.6. The van der Waals surface area contributed by atoms with E-state index in [-0.39, 0.29) is 74.0 Å². The molecule has 4 aliphatic rings. The van der Waals surface area contributed by atoms with Crippen LogP contribution in [0.15, 0.2) is 96.0 Å². The van der Waals surface area contributed by atoms with Crippen LogP contribution in [-0.4, -0.2) is 91.0 Å². The molecule has 9 rings (SSSR count). The van der Waals surface area contributed by atoms with Gasteiger partial charge in [0, 0.05) is 71.7 Å². The van der Waals surface area contributed by atoms with Crippen LogP contribution >= 0.6 is 0 Å². The lowest BCUT2D eigenvalue weighted by Gasteiger charge is -2.23. The topological polar surface area (TPSA) is 176 Å². The summed E-state index contributed by atoms with van der Waals surface area (Å²) in [5.74, 6) is -0.435. The molecule has 4 aliphatic heterocycles. The zero-order valence-corrected chi connectivity index (χ0v) is 43.5. The van der Waals surface area contributed by atoms with Crippen LogP contribution in [0.3, 0.4) is 0 Å². The quantitative estimate of drug-likeness (QED) is 0.0334. The van der Waals surface area contributed by atoms with Crippen molar-refractivity contribution >= 4 is 70.4 Å². The van der Waals surface area contributed by atoms with E-state index in [0.717, 1.165) is 40.9 Å². The first-order chi connectivity index (χ1) is 36.2. The molecule has 388 valence electrons. The second-order valence-corrected chi connectivity index (χ2v) is 20.0. The molecule has 0 aromatic heterocycles. The Kier molecular flexibility index (Phi) is 15.7. The molecule has 75 heavy (non-hydrogen) atoms. The zero-order chi connectivity index (χ0) is 52.9. The summed E-state index contributed by atoms with van der Waals surface area (Å²) in [5, 5.41) is 5.75. The van der Waals surface area contributed by atoms with E-state index in [9.17, 15) is 28.8 Å². The summed E-state index contributed by atoms with van der Waals surface area (Å²) in [5.41, 5.74) is 9.40. The first kappa shape index (κ1) is 51.9. The molecule has 0 saturated heterocycles. The number of hydrogen-bond acceptors (Lipinski definition) is 10. The predicted molar refractivity (Wildman–Crippen MR) is 287 cm³/mol. The maximum absolute atomic E-state index is 14.2. The number of nitrogens with zero attached hydrogens (tertiary/aromatic N) is 4. The Hall–Kier alpha value is -7.94. The van der Waals surface area contributed by atoms with Gasteiger partial charge < -0.3 is 39.2 Å². The predicted octanol–water partition coefficient (Wildman–Crippen LogP) is 8.74. The number of unbranched alkanes of at least 4 members (excludes halogenated alkanes) is 1.